The monoisotopic (exact) mass is 352 g/mol. The second kappa shape index (κ2) is 6.60. The smallest absolute Gasteiger partial charge is 0.242 e. The van der Waals surface area contributed by atoms with Gasteiger partial charge in [-0.2, -0.15) is 0 Å². The molecule has 114 valence electrons. The Hall–Kier alpha value is -1.36. The first-order chi connectivity index (χ1) is 9.88. The quantitative estimate of drug-likeness (QED) is 0.837. The van der Waals surface area contributed by atoms with E-state index in [1.807, 2.05) is 26.0 Å². The first-order valence-electron chi connectivity index (χ1n) is 7.17. The molecule has 1 aliphatic rings. The molecule has 1 atom stereocenters. The summed E-state index contributed by atoms with van der Waals surface area (Å²) in [6, 6.07) is 6.24. The van der Waals surface area contributed by atoms with Gasteiger partial charge in [-0.05, 0) is 37.5 Å². The van der Waals surface area contributed by atoms with Gasteiger partial charge in [0, 0.05) is 30.5 Å². The molecule has 5 heteroatoms. The second-order valence-corrected chi connectivity index (χ2v) is 6.59. The first kappa shape index (κ1) is 16.0. The van der Waals surface area contributed by atoms with E-state index in [0.29, 0.717) is 19.4 Å². The third-order valence-corrected chi connectivity index (χ3v) is 4.68. The van der Waals surface area contributed by atoms with Crippen molar-refractivity contribution in [2.45, 2.75) is 32.7 Å². The van der Waals surface area contributed by atoms with E-state index in [0.717, 1.165) is 10.0 Å². The summed E-state index contributed by atoms with van der Waals surface area (Å²) in [4.78, 5) is 27.5. The Balaban J connectivity index is 1.97. The molecule has 4 nitrogen and oxygen atoms in total. The predicted octanol–water partition coefficient (Wildman–Crippen LogP) is 2.38. The molecule has 1 unspecified atom stereocenters. The third-order valence-electron chi connectivity index (χ3n) is 3.94. The number of hydrogen-bond donors (Lipinski definition) is 0. The van der Waals surface area contributed by atoms with E-state index in [1.54, 1.807) is 16.8 Å². The Labute approximate surface area is 134 Å². The van der Waals surface area contributed by atoms with Gasteiger partial charge in [-0.15, -0.1) is 0 Å². The van der Waals surface area contributed by atoms with Crippen LogP contribution in [0.5, 0.6) is 0 Å². The molecule has 2 amide bonds. The lowest BCUT2D eigenvalue weighted by Crippen LogP contribution is -2.55. The number of aryl methyl sites for hydroxylation is 2. The van der Waals surface area contributed by atoms with Crippen LogP contribution in [0, 0.1) is 6.92 Å². The first-order valence-corrected chi connectivity index (χ1v) is 7.96. The van der Waals surface area contributed by atoms with Crippen LogP contribution in [0.15, 0.2) is 22.7 Å². The van der Waals surface area contributed by atoms with Crippen molar-refractivity contribution in [2.75, 3.05) is 20.1 Å². The average Bonchev–Trinajstić information content (AvgIpc) is 2.41. The third kappa shape index (κ3) is 3.84. The van der Waals surface area contributed by atoms with Crippen LogP contribution >= 0.6 is 15.9 Å². The van der Waals surface area contributed by atoms with Gasteiger partial charge in [0.25, 0.3) is 0 Å². The minimum atomic E-state index is 0.0120. The zero-order chi connectivity index (χ0) is 15.6. The molecule has 0 radical (unpaired) electrons. The molecular formula is C16H21BrN2O2. The number of piperazine rings is 1. The molecule has 1 aliphatic heterocycles. The summed E-state index contributed by atoms with van der Waals surface area (Å²) < 4.78 is 1.04. The van der Waals surface area contributed by atoms with Gasteiger partial charge < -0.3 is 9.80 Å². The van der Waals surface area contributed by atoms with Crippen LogP contribution in [0.1, 0.15) is 24.5 Å². The highest BCUT2D eigenvalue weighted by atomic mass is 79.9. The van der Waals surface area contributed by atoms with Crippen LogP contribution in [-0.4, -0.2) is 47.8 Å². The van der Waals surface area contributed by atoms with Crippen LogP contribution < -0.4 is 0 Å². The molecule has 1 aromatic carbocycles. The van der Waals surface area contributed by atoms with Gasteiger partial charge in [0.1, 0.15) is 6.54 Å². The average molecular weight is 353 g/mol. The number of nitrogens with zero attached hydrogens (tertiary/aromatic N) is 2. The summed E-state index contributed by atoms with van der Waals surface area (Å²) in [5, 5.41) is 0. The Morgan fingerprint density at radius 2 is 2.14 bits per heavy atom. The number of carbonyl (C=O) groups is 2. The number of amides is 2. The lowest BCUT2D eigenvalue weighted by molar-refractivity contribution is -0.147. The van der Waals surface area contributed by atoms with Crippen molar-refractivity contribution >= 4 is 27.7 Å². The maximum absolute atomic E-state index is 12.4. The van der Waals surface area contributed by atoms with Gasteiger partial charge in [-0.25, -0.2) is 0 Å². The van der Waals surface area contributed by atoms with Crippen molar-refractivity contribution in [1.29, 1.82) is 0 Å². The molecule has 0 aromatic heterocycles. The van der Waals surface area contributed by atoms with Crippen molar-refractivity contribution in [2.24, 2.45) is 0 Å². The van der Waals surface area contributed by atoms with E-state index in [4.69, 9.17) is 0 Å². The number of likely N-dealkylation sites (N-methyl/N-ethyl adjacent to an activating group) is 1. The Morgan fingerprint density at radius 3 is 2.81 bits per heavy atom. The normalized spacial score (nSPS) is 19.0. The highest BCUT2D eigenvalue weighted by molar-refractivity contribution is 9.10. The van der Waals surface area contributed by atoms with Gasteiger partial charge in [-0.1, -0.05) is 28.1 Å². The molecule has 1 aromatic rings. The summed E-state index contributed by atoms with van der Waals surface area (Å²) in [7, 11) is 1.78. The SMILES string of the molecule is Cc1ccc(CCC(=O)N2CC(=O)N(C)CC2C)c(Br)c1. The van der Waals surface area contributed by atoms with E-state index >= 15 is 0 Å². The fourth-order valence-corrected chi connectivity index (χ4v) is 3.28. The maximum atomic E-state index is 12.4. The van der Waals surface area contributed by atoms with E-state index in [-0.39, 0.29) is 24.4 Å². The van der Waals surface area contributed by atoms with Gasteiger partial charge in [-0.3, -0.25) is 9.59 Å². The van der Waals surface area contributed by atoms with Crippen molar-refractivity contribution in [1.82, 2.24) is 9.80 Å². The Kier molecular flexibility index (Phi) is 5.04. The van der Waals surface area contributed by atoms with Crippen LogP contribution in [0.2, 0.25) is 0 Å². The minimum Gasteiger partial charge on any atom is -0.342 e. The van der Waals surface area contributed by atoms with Crippen LogP contribution in [-0.2, 0) is 16.0 Å². The topological polar surface area (TPSA) is 40.6 Å². The molecule has 2 rings (SSSR count). The van der Waals surface area contributed by atoms with Crippen LogP contribution in [0.3, 0.4) is 0 Å². The Bertz CT molecular complexity index is 559. The molecule has 0 saturated carbocycles. The molecule has 0 spiro atoms. The summed E-state index contributed by atoms with van der Waals surface area (Å²) in [6.07, 6.45) is 1.12. The summed E-state index contributed by atoms with van der Waals surface area (Å²) in [5.74, 6) is 0.0643. The highest BCUT2D eigenvalue weighted by Gasteiger charge is 2.30. The largest absolute Gasteiger partial charge is 0.342 e. The van der Waals surface area contributed by atoms with Crippen molar-refractivity contribution in [3.8, 4) is 0 Å². The number of halogens is 1. The Morgan fingerprint density at radius 1 is 1.43 bits per heavy atom. The number of rotatable bonds is 3. The molecule has 21 heavy (non-hydrogen) atoms. The predicted molar refractivity (Wildman–Crippen MR) is 86.0 cm³/mol. The fraction of sp³-hybridized carbons (Fsp3) is 0.500. The van der Waals surface area contributed by atoms with Gasteiger partial charge in [0.2, 0.25) is 11.8 Å². The highest BCUT2D eigenvalue weighted by Crippen LogP contribution is 2.20. The summed E-state index contributed by atoms with van der Waals surface area (Å²) in [6.45, 7) is 4.84. The van der Waals surface area contributed by atoms with Crippen LogP contribution in [0.25, 0.3) is 0 Å². The number of benzene rings is 1. The second-order valence-electron chi connectivity index (χ2n) is 5.74. The zero-order valence-corrected chi connectivity index (χ0v) is 14.3. The number of hydrogen-bond acceptors (Lipinski definition) is 2. The zero-order valence-electron chi connectivity index (χ0n) is 12.7. The van der Waals surface area contributed by atoms with Crippen molar-refractivity contribution in [3.05, 3.63) is 33.8 Å². The van der Waals surface area contributed by atoms with Gasteiger partial charge >= 0.3 is 0 Å². The summed E-state index contributed by atoms with van der Waals surface area (Å²) >= 11 is 3.54. The molecule has 1 saturated heterocycles. The standard InChI is InChI=1S/C16H21BrN2O2/c1-11-4-5-13(14(17)8-11)6-7-15(20)19-10-16(21)18(3)9-12(19)2/h4-5,8,12H,6-7,9-10H2,1-3H3. The van der Waals surface area contributed by atoms with Gasteiger partial charge in [0.15, 0.2) is 0 Å². The number of carbonyl (C=O) groups excluding carboxylic acids is 2. The van der Waals surface area contributed by atoms with Gasteiger partial charge in [0.05, 0.1) is 0 Å². The molecule has 1 fully saturated rings. The van der Waals surface area contributed by atoms with Crippen molar-refractivity contribution in [3.63, 3.8) is 0 Å². The molecule has 1 heterocycles. The lowest BCUT2D eigenvalue weighted by Gasteiger charge is -2.37. The van der Waals surface area contributed by atoms with E-state index in [1.165, 1.54) is 5.56 Å². The van der Waals surface area contributed by atoms with E-state index in [9.17, 15) is 9.59 Å². The molecular weight excluding hydrogens is 332 g/mol. The van der Waals surface area contributed by atoms with E-state index < -0.39 is 0 Å². The maximum Gasteiger partial charge on any atom is 0.242 e. The van der Waals surface area contributed by atoms with Crippen molar-refractivity contribution < 1.29 is 9.59 Å². The van der Waals surface area contributed by atoms with E-state index in [2.05, 4.69) is 22.0 Å². The van der Waals surface area contributed by atoms with Crippen LogP contribution in [0.4, 0.5) is 0 Å². The fourth-order valence-electron chi connectivity index (χ4n) is 2.59. The minimum absolute atomic E-state index is 0.0120. The lowest BCUT2D eigenvalue weighted by atomic mass is 10.1. The molecule has 0 N–H and O–H groups in total. The summed E-state index contributed by atoms with van der Waals surface area (Å²) in [5.41, 5.74) is 2.32. The molecule has 0 bridgehead atoms. The molecule has 0 aliphatic carbocycles.